The lowest BCUT2D eigenvalue weighted by atomic mass is 9.67. The number of hydrogen-bond acceptors (Lipinski definition) is 1. The summed E-state index contributed by atoms with van der Waals surface area (Å²) in [5, 5.41) is 2.50. The Morgan fingerprint density at radius 3 is 1.07 bits per heavy atom. The SMILES string of the molecule is c1ccc(C2(c3ccccc3)c3ccccc3-c3ccc(N(c4ccc(-c5cccc(-c6ccc7ccccc7c6)c5)cc4)c4ccc5c(c4)C(c4ccccc4)(c4ccccc4)c4ccccc4-5)cc32)cc1. The third-order valence-electron chi connectivity index (χ3n) is 15.8. The summed E-state index contributed by atoms with van der Waals surface area (Å²) in [6.07, 6.45) is 0. The fraction of sp³-hybridized carbons (Fsp3) is 0.0278. The summed E-state index contributed by atoms with van der Waals surface area (Å²) in [6.45, 7) is 0. The van der Waals surface area contributed by atoms with Crippen molar-refractivity contribution in [3.8, 4) is 44.5 Å². The van der Waals surface area contributed by atoms with Gasteiger partial charge in [-0.1, -0.05) is 249 Å². The lowest BCUT2D eigenvalue weighted by Gasteiger charge is -2.36. The Morgan fingerprint density at radius 1 is 0.205 bits per heavy atom. The first kappa shape index (κ1) is 42.6. The first-order valence-corrected chi connectivity index (χ1v) is 25.4. The van der Waals surface area contributed by atoms with Gasteiger partial charge in [-0.15, -0.1) is 0 Å². The molecule has 0 unspecified atom stereocenters. The summed E-state index contributed by atoms with van der Waals surface area (Å²) in [5.74, 6) is 0. The molecule has 0 atom stereocenters. The molecule has 0 aromatic heterocycles. The van der Waals surface area contributed by atoms with E-state index < -0.39 is 10.8 Å². The van der Waals surface area contributed by atoms with Gasteiger partial charge in [0.2, 0.25) is 0 Å². The van der Waals surface area contributed by atoms with E-state index in [9.17, 15) is 0 Å². The molecule has 12 aromatic rings. The van der Waals surface area contributed by atoms with Crippen LogP contribution in [0.2, 0.25) is 0 Å². The molecule has 0 heterocycles. The van der Waals surface area contributed by atoms with Crippen molar-refractivity contribution in [2.45, 2.75) is 10.8 Å². The van der Waals surface area contributed by atoms with Crippen LogP contribution >= 0.6 is 0 Å². The van der Waals surface area contributed by atoms with Gasteiger partial charge in [-0.2, -0.15) is 0 Å². The van der Waals surface area contributed by atoms with Gasteiger partial charge in [0.05, 0.1) is 10.8 Å². The van der Waals surface area contributed by atoms with Crippen molar-refractivity contribution >= 4 is 27.8 Å². The molecule has 0 amide bonds. The minimum atomic E-state index is -0.550. The van der Waals surface area contributed by atoms with Crippen molar-refractivity contribution in [1.29, 1.82) is 0 Å². The molecule has 0 fully saturated rings. The zero-order valence-electron chi connectivity index (χ0n) is 40.2. The topological polar surface area (TPSA) is 3.24 Å². The minimum absolute atomic E-state index is 0.550. The monoisotopic (exact) mass is 927 g/mol. The highest BCUT2D eigenvalue weighted by molar-refractivity contribution is 5.93. The molecule has 0 radical (unpaired) electrons. The molecule has 12 aromatic carbocycles. The number of anilines is 3. The predicted molar refractivity (Wildman–Crippen MR) is 304 cm³/mol. The molecule has 1 nitrogen and oxygen atoms in total. The standard InChI is InChI=1S/C72H49N/c1-5-24-56(25-6-1)71(57-26-7-2-8-27-57)67-34-17-15-32-63(67)65-44-42-61(48-69(65)71)73(60-40-38-51(39-41-60)53-22-19-23-54(46-53)55-37-36-50-20-13-14-21-52(50)47-55)62-43-45-66-64-33-16-18-35-68(64)72(70(66)49-62,58-28-9-3-10-29-58)59-30-11-4-12-31-59/h1-49H. The quantitative estimate of drug-likeness (QED) is 0.139. The summed E-state index contributed by atoms with van der Waals surface area (Å²) in [5.41, 5.74) is 22.1. The van der Waals surface area contributed by atoms with E-state index in [4.69, 9.17) is 0 Å². The van der Waals surface area contributed by atoms with E-state index in [2.05, 4.69) is 302 Å². The molecule has 1 heteroatoms. The molecule has 0 N–H and O–H groups in total. The van der Waals surface area contributed by atoms with Crippen molar-refractivity contribution in [3.05, 3.63) is 342 Å². The highest BCUT2D eigenvalue weighted by Crippen LogP contribution is 2.59. The summed E-state index contributed by atoms with van der Waals surface area (Å²) >= 11 is 0. The molecule has 0 spiro atoms. The van der Waals surface area contributed by atoms with Gasteiger partial charge in [0, 0.05) is 17.1 Å². The van der Waals surface area contributed by atoms with Gasteiger partial charge in [0.1, 0.15) is 0 Å². The summed E-state index contributed by atoms with van der Waals surface area (Å²) in [4.78, 5) is 2.49. The molecule has 0 saturated carbocycles. The molecule has 0 aliphatic heterocycles. The van der Waals surface area contributed by atoms with Gasteiger partial charge in [-0.3, -0.25) is 0 Å². The number of rotatable bonds is 9. The third kappa shape index (κ3) is 6.63. The molecular weight excluding hydrogens is 879 g/mol. The van der Waals surface area contributed by atoms with Crippen molar-refractivity contribution in [3.63, 3.8) is 0 Å². The van der Waals surface area contributed by atoms with E-state index in [-0.39, 0.29) is 0 Å². The van der Waals surface area contributed by atoms with Crippen LogP contribution in [0.1, 0.15) is 44.5 Å². The maximum Gasteiger partial charge on any atom is 0.0714 e. The molecule has 342 valence electrons. The number of hydrogen-bond donors (Lipinski definition) is 0. The van der Waals surface area contributed by atoms with Gasteiger partial charge in [-0.05, 0) is 148 Å². The second kappa shape index (κ2) is 17.2. The van der Waals surface area contributed by atoms with Crippen LogP contribution in [-0.2, 0) is 10.8 Å². The molecule has 73 heavy (non-hydrogen) atoms. The predicted octanol–water partition coefficient (Wildman–Crippen LogP) is 18.4. The van der Waals surface area contributed by atoms with Gasteiger partial charge >= 0.3 is 0 Å². The fourth-order valence-electron chi connectivity index (χ4n) is 12.6. The largest absolute Gasteiger partial charge is 0.310 e. The Morgan fingerprint density at radius 2 is 0.575 bits per heavy atom. The third-order valence-corrected chi connectivity index (χ3v) is 15.8. The highest BCUT2D eigenvalue weighted by Gasteiger charge is 2.48. The van der Waals surface area contributed by atoms with Gasteiger partial charge < -0.3 is 4.90 Å². The summed E-state index contributed by atoms with van der Waals surface area (Å²) in [6, 6.07) is 110. The zero-order chi connectivity index (χ0) is 48.3. The minimum Gasteiger partial charge on any atom is -0.310 e. The van der Waals surface area contributed by atoms with E-state index in [0.29, 0.717) is 0 Å². The Balaban J connectivity index is 0.985. The maximum absolute atomic E-state index is 2.49. The number of fused-ring (bicyclic) bond motifs is 7. The van der Waals surface area contributed by atoms with Crippen LogP contribution in [0.25, 0.3) is 55.3 Å². The molecule has 2 aliphatic carbocycles. The van der Waals surface area contributed by atoms with Crippen LogP contribution in [0.3, 0.4) is 0 Å². The van der Waals surface area contributed by atoms with Gasteiger partial charge in [0.25, 0.3) is 0 Å². The van der Waals surface area contributed by atoms with Crippen LogP contribution in [0.5, 0.6) is 0 Å². The Bertz CT molecular complexity index is 3750. The second-order valence-corrected chi connectivity index (χ2v) is 19.5. The van der Waals surface area contributed by atoms with E-state index >= 15 is 0 Å². The molecular formula is C72H49N. The van der Waals surface area contributed by atoms with Gasteiger partial charge in [0.15, 0.2) is 0 Å². The van der Waals surface area contributed by atoms with Crippen LogP contribution < -0.4 is 4.90 Å². The lowest BCUT2D eigenvalue weighted by molar-refractivity contribution is 0.767. The van der Waals surface area contributed by atoms with Gasteiger partial charge in [-0.25, -0.2) is 0 Å². The molecule has 0 bridgehead atoms. The normalized spacial score (nSPS) is 13.4. The summed E-state index contributed by atoms with van der Waals surface area (Å²) < 4.78 is 0. The average Bonchev–Trinajstić information content (AvgIpc) is 3.95. The van der Waals surface area contributed by atoms with Crippen molar-refractivity contribution in [2.24, 2.45) is 0 Å². The van der Waals surface area contributed by atoms with E-state index in [1.165, 1.54) is 99.8 Å². The van der Waals surface area contributed by atoms with Crippen molar-refractivity contribution < 1.29 is 0 Å². The van der Waals surface area contributed by atoms with Crippen LogP contribution in [0.15, 0.2) is 297 Å². The number of nitrogens with zero attached hydrogens (tertiary/aromatic N) is 1. The van der Waals surface area contributed by atoms with E-state index in [1.54, 1.807) is 0 Å². The first-order valence-electron chi connectivity index (χ1n) is 25.4. The van der Waals surface area contributed by atoms with Crippen LogP contribution in [0.4, 0.5) is 17.1 Å². The fourth-order valence-corrected chi connectivity index (χ4v) is 12.6. The maximum atomic E-state index is 2.49. The smallest absolute Gasteiger partial charge is 0.0714 e. The Labute approximate surface area is 427 Å². The van der Waals surface area contributed by atoms with E-state index in [0.717, 1.165) is 17.1 Å². The van der Waals surface area contributed by atoms with Crippen LogP contribution in [-0.4, -0.2) is 0 Å². The van der Waals surface area contributed by atoms with Crippen molar-refractivity contribution in [1.82, 2.24) is 0 Å². The highest BCUT2D eigenvalue weighted by atomic mass is 15.1. The molecule has 2 aliphatic rings. The lowest BCUT2D eigenvalue weighted by Crippen LogP contribution is -2.29. The van der Waals surface area contributed by atoms with Crippen molar-refractivity contribution in [2.75, 3.05) is 4.90 Å². The Hall–Kier alpha value is -9.30. The Kier molecular flexibility index (Phi) is 10.0. The summed E-state index contributed by atoms with van der Waals surface area (Å²) in [7, 11) is 0. The average molecular weight is 928 g/mol. The number of benzene rings is 12. The first-order chi connectivity index (χ1) is 36.2. The van der Waals surface area contributed by atoms with E-state index in [1.807, 2.05) is 0 Å². The second-order valence-electron chi connectivity index (χ2n) is 19.5. The molecule has 0 saturated heterocycles. The van der Waals surface area contributed by atoms with Crippen LogP contribution in [0, 0.1) is 0 Å². The molecule has 14 rings (SSSR count). The zero-order valence-corrected chi connectivity index (χ0v) is 40.2.